The van der Waals surface area contributed by atoms with Crippen LogP contribution in [0.5, 0.6) is 11.5 Å². The van der Waals surface area contributed by atoms with Crippen molar-refractivity contribution in [2.24, 2.45) is 5.73 Å². The Morgan fingerprint density at radius 3 is 2.50 bits per heavy atom. The number of hydrogen-bond donors (Lipinski definition) is 2. The third-order valence-corrected chi connectivity index (χ3v) is 3.36. The fraction of sp³-hybridized carbons (Fsp3) is 0.278. The lowest BCUT2D eigenvalue weighted by atomic mass is 10.1. The van der Waals surface area contributed by atoms with Gasteiger partial charge in [-0.25, -0.2) is 0 Å². The molecular formula is C18H23ClN2O3. The molecule has 0 aromatic heterocycles. The van der Waals surface area contributed by atoms with Crippen molar-refractivity contribution in [1.82, 2.24) is 5.32 Å². The number of primary amides is 1. The van der Waals surface area contributed by atoms with Gasteiger partial charge in [0.2, 0.25) is 0 Å². The maximum Gasteiger partial charge on any atom is 0.255 e. The van der Waals surface area contributed by atoms with Crippen molar-refractivity contribution in [3.8, 4) is 11.5 Å². The largest absolute Gasteiger partial charge is 0.493 e. The van der Waals surface area contributed by atoms with E-state index in [-0.39, 0.29) is 19.0 Å². The topological polar surface area (TPSA) is 73.6 Å². The van der Waals surface area contributed by atoms with Gasteiger partial charge in [0.25, 0.3) is 5.91 Å². The van der Waals surface area contributed by atoms with Crippen molar-refractivity contribution in [1.29, 1.82) is 0 Å². The molecular weight excluding hydrogens is 328 g/mol. The molecule has 0 aliphatic carbocycles. The fourth-order valence-electron chi connectivity index (χ4n) is 2.20. The van der Waals surface area contributed by atoms with E-state index in [2.05, 4.69) is 17.4 Å². The zero-order chi connectivity index (χ0) is 16.5. The van der Waals surface area contributed by atoms with E-state index in [1.165, 1.54) is 5.56 Å². The van der Waals surface area contributed by atoms with Gasteiger partial charge in [-0.15, -0.1) is 12.4 Å². The van der Waals surface area contributed by atoms with Crippen LogP contribution in [0.4, 0.5) is 0 Å². The maximum atomic E-state index is 10.8. The minimum absolute atomic E-state index is 0. The monoisotopic (exact) mass is 350 g/mol. The Kier molecular flexibility index (Phi) is 8.68. The molecule has 0 heterocycles. The van der Waals surface area contributed by atoms with E-state index in [0.29, 0.717) is 11.5 Å². The molecule has 0 bridgehead atoms. The second-order valence-corrected chi connectivity index (χ2v) is 5.15. The molecule has 0 spiro atoms. The molecule has 1 amide bonds. The molecule has 6 heteroatoms. The lowest BCUT2D eigenvalue weighted by molar-refractivity contribution is -0.119. The van der Waals surface area contributed by atoms with Crippen LogP contribution in [-0.2, 0) is 17.8 Å². The normalized spacial score (nSPS) is 9.88. The molecule has 0 unspecified atom stereocenters. The first kappa shape index (κ1) is 19.8. The van der Waals surface area contributed by atoms with Gasteiger partial charge >= 0.3 is 0 Å². The summed E-state index contributed by atoms with van der Waals surface area (Å²) in [5.74, 6) is 0.589. The number of rotatable bonds is 9. The van der Waals surface area contributed by atoms with Crippen LogP contribution in [0, 0.1) is 0 Å². The molecule has 24 heavy (non-hydrogen) atoms. The summed E-state index contributed by atoms with van der Waals surface area (Å²) >= 11 is 0. The van der Waals surface area contributed by atoms with Crippen LogP contribution in [0.2, 0.25) is 0 Å². The van der Waals surface area contributed by atoms with Crippen molar-refractivity contribution in [2.45, 2.75) is 13.0 Å². The highest BCUT2D eigenvalue weighted by atomic mass is 35.5. The van der Waals surface area contributed by atoms with Crippen LogP contribution >= 0.6 is 12.4 Å². The van der Waals surface area contributed by atoms with Crippen molar-refractivity contribution in [2.75, 3.05) is 20.3 Å². The molecule has 2 aromatic rings. The first-order valence-electron chi connectivity index (χ1n) is 7.51. The lowest BCUT2D eigenvalue weighted by Crippen LogP contribution is -2.20. The summed E-state index contributed by atoms with van der Waals surface area (Å²) in [5.41, 5.74) is 7.47. The summed E-state index contributed by atoms with van der Waals surface area (Å²) in [6.07, 6.45) is 0.984. The van der Waals surface area contributed by atoms with Gasteiger partial charge in [-0.2, -0.15) is 0 Å². The Bertz CT molecular complexity index is 635. The highest BCUT2D eigenvalue weighted by molar-refractivity contribution is 5.85. The van der Waals surface area contributed by atoms with Gasteiger partial charge in [0.1, 0.15) is 0 Å². The van der Waals surface area contributed by atoms with Crippen molar-refractivity contribution >= 4 is 18.3 Å². The number of hydrogen-bond acceptors (Lipinski definition) is 4. The third kappa shape index (κ3) is 6.48. The van der Waals surface area contributed by atoms with Gasteiger partial charge in [0, 0.05) is 6.54 Å². The smallest absolute Gasteiger partial charge is 0.255 e. The Balaban J connectivity index is 0.00000288. The zero-order valence-electron chi connectivity index (χ0n) is 13.7. The average molecular weight is 351 g/mol. The first-order valence-corrected chi connectivity index (χ1v) is 7.51. The van der Waals surface area contributed by atoms with Crippen LogP contribution in [0.25, 0.3) is 0 Å². The molecule has 130 valence electrons. The number of benzene rings is 2. The summed E-state index contributed by atoms with van der Waals surface area (Å²) in [5, 5.41) is 3.40. The molecule has 3 N–H and O–H groups in total. The van der Waals surface area contributed by atoms with Crippen LogP contribution in [0.15, 0.2) is 48.5 Å². The van der Waals surface area contributed by atoms with E-state index in [9.17, 15) is 4.79 Å². The quantitative estimate of drug-likeness (QED) is 0.681. The van der Waals surface area contributed by atoms with Crippen LogP contribution in [-0.4, -0.2) is 26.2 Å². The Morgan fingerprint density at radius 1 is 1.08 bits per heavy atom. The van der Waals surface area contributed by atoms with Gasteiger partial charge in [0.15, 0.2) is 18.1 Å². The number of ether oxygens (including phenoxy) is 2. The maximum absolute atomic E-state index is 10.8. The van der Waals surface area contributed by atoms with Gasteiger partial charge in [-0.1, -0.05) is 36.4 Å². The molecule has 2 rings (SSSR count). The predicted molar refractivity (Wildman–Crippen MR) is 96.8 cm³/mol. The first-order chi connectivity index (χ1) is 11.2. The van der Waals surface area contributed by atoms with Gasteiger partial charge in [0.05, 0.1) is 7.11 Å². The molecule has 0 aliphatic rings. The summed E-state index contributed by atoms with van der Waals surface area (Å²) in [4.78, 5) is 10.8. The SMILES string of the molecule is COc1cc(CNCCc2ccccc2)ccc1OCC(N)=O.Cl. The summed E-state index contributed by atoms with van der Waals surface area (Å²) in [6.45, 7) is 1.47. The van der Waals surface area contributed by atoms with Crippen molar-refractivity contribution in [3.05, 3.63) is 59.7 Å². The number of amides is 1. The number of nitrogens with two attached hydrogens (primary N) is 1. The van der Waals surface area contributed by atoms with Crippen LogP contribution in [0.3, 0.4) is 0 Å². The summed E-state index contributed by atoms with van der Waals surface area (Å²) in [6, 6.07) is 16.0. The van der Waals surface area contributed by atoms with E-state index in [1.54, 1.807) is 13.2 Å². The summed E-state index contributed by atoms with van der Waals surface area (Å²) < 4.78 is 10.6. The fourth-order valence-corrected chi connectivity index (χ4v) is 2.20. The molecule has 0 fully saturated rings. The van der Waals surface area contributed by atoms with E-state index >= 15 is 0 Å². The van der Waals surface area contributed by atoms with E-state index in [4.69, 9.17) is 15.2 Å². The van der Waals surface area contributed by atoms with Gasteiger partial charge < -0.3 is 20.5 Å². The lowest BCUT2D eigenvalue weighted by Gasteiger charge is -2.12. The highest BCUT2D eigenvalue weighted by Gasteiger charge is 2.07. The van der Waals surface area contributed by atoms with Crippen LogP contribution < -0.4 is 20.5 Å². The van der Waals surface area contributed by atoms with E-state index < -0.39 is 5.91 Å². The Labute approximate surface area is 148 Å². The zero-order valence-corrected chi connectivity index (χ0v) is 14.5. The number of halogens is 1. The molecule has 5 nitrogen and oxygen atoms in total. The molecule has 0 aliphatic heterocycles. The minimum Gasteiger partial charge on any atom is -0.493 e. The second kappa shape index (κ2) is 10.5. The standard InChI is InChI=1S/C18H22N2O3.ClH/c1-22-17-11-15(7-8-16(17)23-13-18(19)21)12-20-10-9-14-5-3-2-4-6-14;/h2-8,11,20H,9-10,12-13H2,1H3,(H2,19,21);1H. The number of carbonyl (C=O) groups is 1. The number of methoxy groups -OCH3 is 1. The van der Waals surface area contributed by atoms with Gasteiger partial charge in [-0.3, -0.25) is 4.79 Å². The Hall–Kier alpha value is -2.24. The Morgan fingerprint density at radius 2 is 1.83 bits per heavy atom. The molecule has 0 saturated carbocycles. The number of nitrogens with one attached hydrogen (secondary N) is 1. The summed E-state index contributed by atoms with van der Waals surface area (Å²) in [7, 11) is 1.57. The highest BCUT2D eigenvalue weighted by Crippen LogP contribution is 2.27. The van der Waals surface area contributed by atoms with Crippen LogP contribution in [0.1, 0.15) is 11.1 Å². The molecule has 0 radical (unpaired) electrons. The second-order valence-electron chi connectivity index (χ2n) is 5.15. The molecule has 2 aromatic carbocycles. The molecule has 0 saturated heterocycles. The van der Waals surface area contributed by atoms with Crippen molar-refractivity contribution in [3.63, 3.8) is 0 Å². The van der Waals surface area contributed by atoms with E-state index in [1.807, 2.05) is 30.3 Å². The van der Waals surface area contributed by atoms with E-state index in [0.717, 1.165) is 25.1 Å². The number of carbonyl (C=O) groups excluding carboxylic acids is 1. The van der Waals surface area contributed by atoms with Gasteiger partial charge in [-0.05, 0) is 36.2 Å². The third-order valence-electron chi connectivity index (χ3n) is 3.36. The average Bonchev–Trinajstić information content (AvgIpc) is 2.58. The minimum atomic E-state index is -0.515. The predicted octanol–water partition coefficient (Wildman–Crippen LogP) is 2.31. The van der Waals surface area contributed by atoms with Crippen molar-refractivity contribution < 1.29 is 14.3 Å². The molecule has 0 atom stereocenters.